The average molecular weight is 560 g/mol. The van der Waals surface area contributed by atoms with Crippen molar-refractivity contribution in [2.75, 3.05) is 6.61 Å². The molecule has 0 radical (unpaired) electrons. The maximum atomic E-state index is 13.3. The summed E-state index contributed by atoms with van der Waals surface area (Å²) in [6.07, 6.45) is 4.00. The Morgan fingerprint density at radius 2 is 1.71 bits per heavy atom. The van der Waals surface area contributed by atoms with Crippen molar-refractivity contribution in [1.29, 1.82) is 0 Å². The van der Waals surface area contributed by atoms with E-state index in [4.69, 9.17) is 14.7 Å². The molecule has 1 aliphatic heterocycles. The maximum absolute atomic E-state index is 13.3. The number of hydrogen-bond donors (Lipinski definition) is 2. The first-order chi connectivity index (χ1) is 20.3. The smallest absolute Gasteiger partial charge is 0.251 e. The van der Waals surface area contributed by atoms with Gasteiger partial charge in [0.1, 0.15) is 11.4 Å². The zero-order chi connectivity index (χ0) is 29.0. The van der Waals surface area contributed by atoms with Gasteiger partial charge in [0.05, 0.1) is 34.7 Å². The molecule has 1 unspecified atom stereocenters. The van der Waals surface area contributed by atoms with Crippen molar-refractivity contribution in [2.45, 2.75) is 64.0 Å². The van der Waals surface area contributed by atoms with Crippen LogP contribution in [0.4, 0.5) is 0 Å². The molecule has 6 nitrogen and oxygen atoms in total. The van der Waals surface area contributed by atoms with Crippen molar-refractivity contribution in [1.82, 2.24) is 15.3 Å². The Morgan fingerprint density at radius 1 is 0.976 bits per heavy atom. The third-order valence-electron chi connectivity index (χ3n) is 9.47. The van der Waals surface area contributed by atoms with E-state index in [2.05, 4.69) is 44.3 Å². The van der Waals surface area contributed by atoms with Crippen LogP contribution in [0.2, 0.25) is 0 Å². The molecular weight excluding hydrogens is 522 g/mol. The Kier molecular flexibility index (Phi) is 6.62. The number of nitrogens with one attached hydrogen (secondary N) is 1. The number of fused-ring (bicyclic) bond motifs is 9. The van der Waals surface area contributed by atoms with E-state index >= 15 is 0 Å². The second-order valence-electron chi connectivity index (χ2n) is 12.8. The molecule has 7 rings (SSSR count). The van der Waals surface area contributed by atoms with Gasteiger partial charge in [-0.3, -0.25) is 4.79 Å². The van der Waals surface area contributed by atoms with Gasteiger partial charge in [0.2, 0.25) is 0 Å². The molecule has 1 amide bonds. The highest BCUT2D eigenvalue weighted by atomic mass is 16.5. The molecule has 5 aromatic rings. The lowest BCUT2D eigenvalue weighted by molar-refractivity contribution is -0.0115. The van der Waals surface area contributed by atoms with Crippen LogP contribution in [-0.2, 0) is 6.42 Å². The first-order valence-electron chi connectivity index (χ1n) is 15.1. The Labute approximate surface area is 246 Å². The van der Waals surface area contributed by atoms with Crippen LogP contribution >= 0.6 is 0 Å². The Balaban J connectivity index is 1.34. The monoisotopic (exact) mass is 559 g/mol. The van der Waals surface area contributed by atoms with Gasteiger partial charge in [0, 0.05) is 27.8 Å². The topological polar surface area (TPSA) is 84.3 Å². The van der Waals surface area contributed by atoms with Gasteiger partial charge < -0.3 is 15.2 Å². The summed E-state index contributed by atoms with van der Waals surface area (Å²) in [5.41, 5.74) is 5.66. The van der Waals surface area contributed by atoms with Crippen molar-refractivity contribution in [2.24, 2.45) is 11.8 Å². The number of carbonyl (C=O) groups excluding carboxylic acids is 1. The number of nitrogens with zero attached hydrogens (tertiary/aromatic N) is 2. The van der Waals surface area contributed by atoms with Crippen molar-refractivity contribution < 1.29 is 14.6 Å². The number of aliphatic hydroxyl groups excluding tert-OH is 1. The Hall–Kier alpha value is -4.03. The molecule has 4 atom stereocenters. The highest BCUT2D eigenvalue weighted by molar-refractivity contribution is 6.11. The summed E-state index contributed by atoms with van der Waals surface area (Å²) < 4.78 is 6.87. The summed E-state index contributed by atoms with van der Waals surface area (Å²) in [5.74, 6) is 2.07. The van der Waals surface area contributed by atoms with E-state index < -0.39 is 0 Å². The lowest BCUT2D eigenvalue weighted by atomic mass is 9.64. The third kappa shape index (κ3) is 4.58. The fourth-order valence-electron chi connectivity index (χ4n) is 7.36. The molecule has 0 bridgehead atoms. The van der Waals surface area contributed by atoms with Crippen LogP contribution in [0.5, 0.6) is 5.75 Å². The molecule has 2 heterocycles. The second kappa shape index (κ2) is 10.4. The van der Waals surface area contributed by atoms with Crippen LogP contribution < -0.4 is 10.1 Å². The van der Waals surface area contributed by atoms with E-state index in [0.29, 0.717) is 35.3 Å². The fraction of sp³-hybridized carbons (Fsp3) is 0.361. The molecule has 0 spiro atoms. The molecule has 1 saturated carbocycles. The van der Waals surface area contributed by atoms with E-state index in [1.165, 1.54) is 12.0 Å². The number of carbonyl (C=O) groups is 1. The second-order valence-corrected chi connectivity index (χ2v) is 12.8. The van der Waals surface area contributed by atoms with Gasteiger partial charge in [-0.1, -0.05) is 67.9 Å². The minimum absolute atomic E-state index is 0.144. The highest BCUT2D eigenvalue weighted by Crippen LogP contribution is 2.56. The van der Waals surface area contributed by atoms with Crippen LogP contribution in [0.1, 0.15) is 67.4 Å². The van der Waals surface area contributed by atoms with E-state index in [0.717, 1.165) is 51.5 Å². The molecule has 214 valence electrons. The number of amides is 1. The van der Waals surface area contributed by atoms with Gasteiger partial charge >= 0.3 is 0 Å². The molecule has 2 aliphatic rings. The lowest BCUT2D eigenvalue weighted by Gasteiger charge is -2.49. The third-order valence-corrected chi connectivity index (χ3v) is 9.47. The van der Waals surface area contributed by atoms with Crippen molar-refractivity contribution in [3.63, 3.8) is 0 Å². The van der Waals surface area contributed by atoms with Gasteiger partial charge in [-0.15, -0.1) is 0 Å². The van der Waals surface area contributed by atoms with Crippen LogP contribution in [0.3, 0.4) is 0 Å². The van der Waals surface area contributed by atoms with E-state index in [-0.39, 0.29) is 24.2 Å². The quantitative estimate of drug-likeness (QED) is 0.180. The molecule has 1 aromatic heterocycles. The van der Waals surface area contributed by atoms with E-state index in [1.807, 2.05) is 48.5 Å². The summed E-state index contributed by atoms with van der Waals surface area (Å²) in [6, 6.07) is 23.3. The number of aromatic nitrogens is 2. The van der Waals surface area contributed by atoms with Gasteiger partial charge in [0.25, 0.3) is 5.91 Å². The van der Waals surface area contributed by atoms with Crippen molar-refractivity contribution in [3.05, 3.63) is 89.5 Å². The van der Waals surface area contributed by atoms with E-state index in [1.54, 1.807) is 6.07 Å². The van der Waals surface area contributed by atoms with Crippen molar-refractivity contribution >= 4 is 38.7 Å². The number of ether oxygens (including phenoxy) is 1. The van der Waals surface area contributed by atoms with E-state index in [9.17, 15) is 9.90 Å². The molecular formula is C36H37N3O3. The largest absolute Gasteiger partial charge is 0.487 e. The predicted molar refractivity (Wildman–Crippen MR) is 167 cm³/mol. The van der Waals surface area contributed by atoms with Crippen LogP contribution in [0, 0.1) is 11.8 Å². The minimum Gasteiger partial charge on any atom is -0.487 e. The minimum atomic E-state index is -0.387. The lowest BCUT2D eigenvalue weighted by Crippen LogP contribution is -2.46. The number of hydrogen-bond acceptors (Lipinski definition) is 5. The number of benzene rings is 4. The van der Waals surface area contributed by atoms with Gasteiger partial charge in [0.15, 0.2) is 0 Å². The number of rotatable bonds is 5. The summed E-state index contributed by atoms with van der Waals surface area (Å²) in [4.78, 5) is 23.7. The van der Waals surface area contributed by atoms with Gasteiger partial charge in [-0.05, 0) is 68.7 Å². The van der Waals surface area contributed by atoms with Crippen LogP contribution in [0.25, 0.3) is 32.8 Å². The summed E-state index contributed by atoms with van der Waals surface area (Å²) in [6.45, 7) is 6.67. The van der Waals surface area contributed by atoms with Gasteiger partial charge in [-0.25, -0.2) is 9.97 Å². The summed E-state index contributed by atoms with van der Waals surface area (Å²) in [7, 11) is 0. The molecule has 6 heteroatoms. The maximum Gasteiger partial charge on any atom is 0.251 e. The molecule has 0 saturated heterocycles. The SMILES string of the molecule is C[C@H]1CC[C@H]2[C@H](C1)c1c(c3ccccc3c3nc4ccc(C(=O)NC(CO)Cc5ccccc5)cc4nc13)OC2(C)C. The first-order valence-corrected chi connectivity index (χ1v) is 15.1. The highest BCUT2D eigenvalue weighted by Gasteiger charge is 2.47. The molecule has 42 heavy (non-hydrogen) atoms. The summed E-state index contributed by atoms with van der Waals surface area (Å²) >= 11 is 0. The predicted octanol–water partition coefficient (Wildman–Crippen LogP) is 6.96. The first kappa shape index (κ1) is 26.8. The molecule has 4 aromatic carbocycles. The molecule has 2 N–H and O–H groups in total. The van der Waals surface area contributed by atoms with Crippen LogP contribution in [-0.4, -0.2) is 39.2 Å². The zero-order valence-corrected chi connectivity index (χ0v) is 24.4. The zero-order valence-electron chi connectivity index (χ0n) is 24.4. The number of aliphatic hydroxyl groups is 1. The standard InChI is InChI=1S/C36H37N3O3/c1-21-13-15-28-27(17-21)31-33-32(25-11-7-8-12-26(25)34(31)42-36(28,2)3)38-29-16-14-23(19-30(29)39-33)35(41)37-24(20-40)18-22-9-5-4-6-10-22/h4-12,14,16,19,21,24,27-28,40H,13,15,17-18,20H2,1-3H3,(H,37,41)/t21-,24?,27-,28-/m0/s1. The summed E-state index contributed by atoms with van der Waals surface area (Å²) in [5, 5.41) is 15.1. The Bertz CT molecular complexity index is 1820. The average Bonchev–Trinajstić information content (AvgIpc) is 2.99. The van der Waals surface area contributed by atoms with Gasteiger partial charge in [-0.2, -0.15) is 0 Å². The fourth-order valence-corrected chi connectivity index (χ4v) is 7.36. The Morgan fingerprint density at radius 3 is 2.50 bits per heavy atom. The normalized spacial score (nSPS) is 21.9. The molecule has 1 aliphatic carbocycles. The van der Waals surface area contributed by atoms with Crippen molar-refractivity contribution in [3.8, 4) is 5.75 Å². The molecule has 1 fully saturated rings. The van der Waals surface area contributed by atoms with Crippen LogP contribution in [0.15, 0.2) is 72.8 Å².